The highest BCUT2D eigenvalue weighted by molar-refractivity contribution is 5.22. The smallest absolute Gasteiger partial charge is 0.316 e. The van der Waals surface area contributed by atoms with E-state index in [4.69, 9.17) is 0 Å². The Morgan fingerprint density at radius 2 is 2.04 bits per heavy atom. The van der Waals surface area contributed by atoms with Crippen molar-refractivity contribution in [3.8, 4) is 0 Å². The second kappa shape index (κ2) is 5.87. The van der Waals surface area contributed by atoms with Gasteiger partial charge in [-0.2, -0.15) is 18.3 Å². The Morgan fingerprint density at radius 3 is 2.58 bits per heavy atom. The van der Waals surface area contributed by atoms with Gasteiger partial charge in [-0.05, 0) is 39.3 Å². The number of alkyl halides is 3. The quantitative estimate of drug-likeness (QED) is 0.923. The van der Waals surface area contributed by atoms with Crippen molar-refractivity contribution >= 4 is 0 Å². The molecule has 1 N–H and O–H groups in total. The van der Waals surface area contributed by atoms with Crippen molar-refractivity contribution in [2.24, 2.45) is 5.41 Å². The van der Waals surface area contributed by atoms with Crippen LogP contribution in [0.4, 0.5) is 13.2 Å². The fourth-order valence-corrected chi connectivity index (χ4v) is 3.10. The summed E-state index contributed by atoms with van der Waals surface area (Å²) in [5.74, 6) is 0. The summed E-state index contributed by atoms with van der Waals surface area (Å²) in [5, 5.41) is 15.1. The number of nitrogens with one attached hydrogen (secondary N) is 1. The third-order valence-electron chi connectivity index (χ3n) is 4.95. The van der Waals surface area contributed by atoms with Crippen LogP contribution in [-0.2, 0) is 13.1 Å². The van der Waals surface area contributed by atoms with Crippen molar-refractivity contribution in [3.05, 3.63) is 28.8 Å². The molecule has 1 atom stereocenters. The number of halogens is 3. The summed E-state index contributed by atoms with van der Waals surface area (Å²) in [4.78, 5) is 0. The third-order valence-corrected chi connectivity index (χ3v) is 4.95. The van der Waals surface area contributed by atoms with Gasteiger partial charge in [-0.25, -0.2) is 0 Å². The van der Waals surface area contributed by atoms with Crippen LogP contribution in [0.25, 0.3) is 0 Å². The van der Waals surface area contributed by atoms with Crippen molar-refractivity contribution in [1.82, 2.24) is 30.1 Å². The van der Waals surface area contributed by atoms with Crippen LogP contribution >= 0.6 is 0 Å². The van der Waals surface area contributed by atoms with E-state index in [0.29, 0.717) is 18.8 Å². The lowest BCUT2D eigenvalue weighted by atomic mass is 9.86. The normalized spacial score (nSPS) is 21.6. The van der Waals surface area contributed by atoms with Crippen molar-refractivity contribution in [2.75, 3.05) is 13.1 Å². The monoisotopic (exact) mass is 342 g/mol. The molecule has 0 radical (unpaired) electrons. The van der Waals surface area contributed by atoms with Gasteiger partial charge in [0.15, 0.2) is 0 Å². The van der Waals surface area contributed by atoms with E-state index >= 15 is 0 Å². The minimum atomic E-state index is -4.27. The Morgan fingerprint density at radius 1 is 1.29 bits per heavy atom. The first kappa shape index (κ1) is 16.9. The van der Waals surface area contributed by atoms with Crippen LogP contribution in [0.2, 0.25) is 0 Å². The Balaban J connectivity index is 1.77. The van der Waals surface area contributed by atoms with E-state index in [1.807, 2.05) is 20.8 Å². The van der Waals surface area contributed by atoms with Crippen molar-refractivity contribution < 1.29 is 13.2 Å². The van der Waals surface area contributed by atoms with Crippen molar-refractivity contribution in [2.45, 2.75) is 46.5 Å². The van der Waals surface area contributed by atoms with Gasteiger partial charge in [-0.3, -0.25) is 9.36 Å². The Labute approximate surface area is 138 Å². The van der Waals surface area contributed by atoms with Crippen LogP contribution in [0.1, 0.15) is 29.1 Å². The first-order chi connectivity index (χ1) is 11.2. The average molecular weight is 342 g/mol. The van der Waals surface area contributed by atoms with E-state index in [1.165, 1.54) is 4.68 Å². The van der Waals surface area contributed by atoms with Crippen LogP contribution in [0.3, 0.4) is 0 Å². The lowest BCUT2D eigenvalue weighted by Gasteiger charge is -2.30. The molecule has 1 unspecified atom stereocenters. The van der Waals surface area contributed by atoms with Gasteiger partial charge in [-0.15, -0.1) is 5.10 Å². The number of nitrogens with zero attached hydrogens (tertiary/aromatic N) is 5. The van der Waals surface area contributed by atoms with Gasteiger partial charge in [0, 0.05) is 12.2 Å². The molecule has 0 spiro atoms. The van der Waals surface area contributed by atoms with E-state index < -0.39 is 11.6 Å². The summed E-state index contributed by atoms with van der Waals surface area (Å²) in [7, 11) is 0. The molecular weight excluding hydrogens is 321 g/mol. The largest absolute Gasteiger partial charge is 0.397 e. The van der Waals surface area contributed by atoms with Gasteiger partial charge in [0.2, 0.25) is 0 Å². The maximum atomic E-state index is 13.4. The van der Waals surface area contributed by atoms with Gasteiger partial charge < -0.3 is 5.32 Å². The van der Waals surface area contributed by atoms with Crippen LogP contribution in [-0.4, -0.2) is 44.0 Å². The number of aryl methyl sites for hydroxylation is 1. The van der Waals surface area contributed by atoms with Crippen molar-refractivity contribution in [1.29, 1.82) is 0 Å². The summed E-state index contributed by atoms with van der Waals surface area (Å²) in [6.07, 6.45) is -2.63. The summed E-state index contributed by atoms with van der Waals surface area (Å²) in [5.41, 5.74) is 1.90. The standard InChI is InChI=1S/C15H21F3N6/c1-10-11(2)21-24(12(10)3)7-13-6-23(22-20-13)9-14(15(16,17)18)4-5-19-8-14/h6,19H,4-5,7-9H2,1-3H3. The first-order valence-electron chi connectivity index (χ1n) is 7.89. The molecule has 0 bridgehead atoms. The molecule has 24 heavy (non-hydrogen) atoms. The predicted octanol–water partition coefficient (Wildman–Crippen LogP) is 1.99. The molecular formula is C15H21F3N6. The number of hydrogen-bond donors (Lipinski definition) is 1. The highest BCUT2D eigenvalue weighted by atomic mass is 19.4. The SMILES string of the molecule is Cc1nn(Cc2cn(CC3(C(F)(F)F)CCNC3)nn2)c(C)c1C. The van der Waals surface area contributed by atoms with Crippen LogP contribution in [0.15, 0.2) is 6.20 Å². The maximum absolute atomic E-state index is 13.4. The minimum absolute atomic E-state index is 0.0579. The minimum Gasteiger partial charge on any atom is -0.316 e. The Bertz CT molecular complexity index is 724. The predicted molar refractivity (Wildman–Crippen MR) is 81.5 cm³/mol. The molecule has 9 heteroatoms. The molecule has 0 aromatic carbocycles. The summed E-state index contributed by atoms with van der Waals surface area (Å²) >= 11 is 0. The van der Waals surface area contributed by atoms with Gasteiger partial charge in [0.05, 0.1) is 30.4 Å². The number of hydrogen-bond acceptors (Lipinski definition) is 4. The summed E-state index contributed by atoms with van der Waals surface area (Å²) in [6.45, 7) is 6.35. The molecule has 1 aliphatic heterocycles. The first-order valence-corrected chi connectivity index (χ1v) is 7.89. The molecule has 2 aromatic rings. The number of rotatable bonds is 4. The lowest BCUT2D eigenvalue weighted by molar-refractivity contribution is -0.222. The molecule has 3 heterocycles. The molecule has 6 nitrogen and oxygen atoms in total. The fraction of sp³-hybridized carbons (Fsp3) is 0.667. The topological polar surface area (TPSA) is 60.6 Å². The summed E-state index contributed by atoms with van der Waals surface area (Å²) < 4.78 is 43.4. The Kier molecular flexibility index (Phi) is 4.15. The zero-order valence-corrected chi connectivity index (χ0v) is 14.0. The molecule has 0 amide bonds. The lowest BCUT2D eigenvalue weighted by Crippen LogP contribution is -2.43. The Hall–Kier alpha value is -1.90. The van der Waals surface area contributed by atoms with E-state index in [2.05, 4.69) is 20.7 Å². The highest BCUT2D eigenvalue weighted by Gasteiger charge is 2.56. The second-order valence-electron chi connectivity index (χ2n) is 6.57. The van der Waals surface area contributed by atoms with E-state index in [-0.39, 0.29) is 19.5 Å². The highest BCUT2D eigenvalue weighted by Crippen LogP contribution is 2.44. The van der Waals surface area contributed by atoms with Gasteiger partial charge in [-0.1, -0.05) is 5.21 Å². The van der Waals surface area contributed by atoms with E-state index in [0.717, 1.165) is 17.0 Å². The van der Waals surface area contributed by atoms with E-state index in [1.54, 1.807) is 10.9 Å². The molecule has 0 aliphatic carbocycles. The van der Waals surface area contributed by atoms with Crippen molar-refractivity contribution in [3.63, 3.8) is 0 Å². The molecule has 3 rings (SSSR count). The van der Waals surface area contributed by atoms with E-state index in [9.17, 15) is 13.2 Å². The third kappa shape index (κ3) is 2.92. The second-order valence-corrected chi connectivity index (χ2v) is 6.57. The molecule has 1 aliphatic rings. The fourth-order valence-electron chi connectivity index (χ4n) is 3.10. The molecule has 2 aromatic heterocycles. The average Bonchev–Trinajstić information content (AvgIpc) is 3.19. The van der Waals surface area contributed by atoms with Gasteiger partial charge in [0.25, 0.3) is 0 Å². The molecule has 1 saturated heterocycles. The van der Waals surface area contributed by atoms with Crippen LogP contribution in [0, 0.1) is 26.2 Å². The maximum Gasteiger partial charge on any atom is 0.397 e. The zero-order valence-electron chi connectivity index (χ0n) is 14.0. The summed E-state index contributed by atoms with van der Waals surface area (Å²) in [6, 6.07) is 0. The van der Waals surface area contributed by atoms with Gasteiger partial charge in [0.1, 0.15) is 5.69 Å². The van der Waals surface area contributed by atoms with Crippen LogP contribution < -0.4 is 5.32 Å². The molecule has 132 valence electrons. The molecule has 0 saturated carbocycles. The van der Waals surface area contributed by atoms with Crippen LogP contribution in [0.5, 0.6) is 0 Å². The zero-order chi connectivity index (χ0) is 17.5. The molecule has 1 fully saturated rings. The van der Waals surface area contributed by atoms with Gasteiger partial charge >= 0.3 is 6.18 Å². The number of aromatic nitrogens is 5.